The zero-order valence-corrected chi connectivity index (χ0v) is 14.4. The van der Waals surface area contributed by atoms with Gasteiger partial charge in [-0.3, -0.25) is 9.69 Å². The van der Waals surface area contributed by atoms with E-state index < -0.39 is 0 Å². The fraction of sp³-hybridized carbons (Fsp3) is 0.474. The van der Waals surface area contributed by atoms with E-state index in [1.54, 1.807) is 0 Å². The van der Waals surface area contributed by atoms with Crippen LogP contribution in [0.15, 0.2) is 36.8 Å². The predicted molar refractivity (Wildman–Crippen MR) is 93.7 cm³/mol. The minimum Gasteiger partial charge on any atom is -0.337 e. The van der Waals surface area contributed by atoms with Gasteiger partial charge in [0.05, 0.1) is 12.0 Å². The molecule has 1 atom stereocenters. The second-order valence-corrected chi connectivity index (χ2v) is 7.45. The number of amides is 1. The minimum atomic E-state index is 0.112. The first-order valence-electron chi connectivity index (χ1n) is 8.59. The first-order chi connectivity index (χ1) is 11.5. The van der Waals surface area contributed by atoms with Crippen LogP contribution in [0, 0.1) is 12.3 Å². The maximum absolute atomic E-state index is 12.6. The van der Waals surface area contributed by atoms with Crippen LogP contribution in [-0.4, -0.2) is 40.0 Å². The number of imidazole rings is 1. The quantitative estimate of drug-likeness (QED) is 0.870. The highest BCUT2D eigenvalue weighted by molar-refractivity contribution is 5.96. The van der Waals surface area contributed by atoms with Crippen molar-refractivity contribution in [2.45, 2.75) is 26.3 Å². The average Bonchev–Trinajstić information content (AvgIpc) is 3.22. The number of likely N-dealkylation sites (tertiary alicyclic amines) is 1. The van der Waals surface area contributed by atoms with Crippen molar-refractivity contribution in [3.63, 3.8) is 0 Å². The van der Waals surface area contributed by atoms with E-state index in [4.69, 9.17) is 0 Å². The molecule has 1 aromatic heterocycles. The van der Waals surface area contributed by atoms with Gasteiger partial charge in [0.15, 0.2) is 0 Å². The molecule has 2 aromatic rings. The summed E-state index contributed by atoms with van der Waals surface area (Å²) in [5.41, 5.74) is 3.60. The highest BCUT2D eigenvalue weighted by atomic mass is 16.2. The van der Waals surface area contributed by atoms with Crippen LogP contribution in [0.25, 0.3) is 0 Å². The molecule has 5 heteroatoms. The summed E-state index contributed by atoms with van der Waals surface area (Å²) in [6.07, 6.45) is 5.55. The van der Waals surface area contributed by atoms with Crippen LogP contribution in [0.2, 0.25) is 0 Å². The maximum atomic E-state index is 12.6. The minimum absolute atomic E-state index is 0.112. The van der Waals surface area contributed by atoms with E-state index in [-0.39, 0.29) is 11.3 Å². The summed E-state index contributed by atoms with van der Waals surface area (Å²) in [5, 5.41) is 0. The summed E-state index contributed by atoms with van der Waals surface area (Å²) >= 11 is 0. The van der Waals surface area contributed by atoms with E-state index in [0.717, 1.165) is 38.3 Å². The zero-order chi connectivity index (χ0) is 16.7. The Morgan fingerprint density at radius 3 is 2.71 bits per heavy atom. The van der Waals surface area contributed by atoms with Crippen LogP contribution >= 0.6 is 0 Å². The molecule has 126 valence electrons. The Hall–Kier alpha value is -2.14. The number of hydrogen-bond donors (Lipinski definition) is 0. The fourth-order valence-corrected chi connectivity index (χ4v) is 4.06. The molecule has 1 aromatic carbocycles. The number of carbonyl (C=O) groups is 1. The SMILES string of the molecule is Cc1ccc(N2CC3(CCN(Cc4cncn4C)C3)CC2=O)cc1. The Balaban J connectivity index is 1.46. The van der Waals surface area contributed by atoms with Gasteiger partial charge in [-0.25, -0.2) is 4.98 Å². The molecule has 2 aliphatic rings. The lowest BCUT2D eigenvalue weighted by Gasteiger charge is -2.24. The molecule has 5 nitrogen and oxygen atoms in total. The van der Waals surface area contributed by atoms with Gasteiger partial charge < -0.3 is 9.47 Å². The molecule has 0 N–H and O–H groups in total. The monoisotopic (exact) mass is 324 g/mol. The summed E-state index contributed by atoms with van der Waals surface area (Å²) in [5.74, 6) is 0.265. The van der Waals surface area contributed by atoms with Crippen molar-refractivity contribution in [2.75, 3.05) is 24.5 Å². The third-order valence-corrected chi connectivity index (χ3v) is 5.49. The number of nitrogens with zero attached hydrogens (tertiary/aromatic N) is 4. The van der Waals surface area contributed by atoms with Crippen molar-refractivity contribution in [3.8, 4) is 0 Å². The molecule has 1 amide bonds. The number of hydrogen-bond acceptors (Lipinski definition) is 3. The van der Waals surface area contributed by atoms with Crippen LogP contribution in [0.1, 0.15) is 24.1 Å². The lowest BCUT2D eigenvalue weighted by Crippen LogP contribution is -2.31. The van der Waals surface area contributed by atoms with Crippen molar-refractivity contribution in [2.24, 2.45) is 12.5 Å². The second kappa shape index (κ2) is 5.74. The number of anilines is 1. The summed E-state index contributed by atoms with van der Waals surface area (Å²) in [7, 11) is 2.03. The van der Waals surface area contributed by atoms with Crippen molar-refractivity contribution in [1.82, 2.24) is 14.5 Å². The van der Waals surface area contributed by atoms with E-state index >= 15 is 0 Å². The first-order valence-corrected chi connectivity index (χ1v) is 8.59. The van der Waals surface area contributed by atoms with Gasteiger partial charge in [0.1, 0.15) is 0 Å². The molecule has 24 heavy (non-hydrogen) atoms. The second-order valence-electron chi connectivity index (χ2n) is 7.45. The van der Waals surface area contributed by atoms with Crippen LogP contribution in [0.3, 0.4) is 0 Å². The average molecular weight is 324 g/mol. The van der Waals surface area contributed by atoms with Gasteiger partial charge in [-0.05, 0) is 32.0 Å². The zero-order valence-electron chi connectivity index (χ0n) is 14.4. The smallest absolute Gasteiger partial charge is 0.227 e. The van der Waals surface area contributed by atoms with Crippen LogP contribution in [0.4, 0.5) is 5.69 Å². The molecule has 2 aliphatic heterocycles. The van der Waals surface area contributed by atoms with E-state index in [1.807, 2.05) is 24.5 Å². The molecule has 0 radical (unpaired) electrons. The predicted octanol–water partition coefficient (Wildman–Crippen LogP) is 2.36. The van der Waals surface area contributed by atoms with E-state index in [1.165, 1.54) is 11.3 Å². The van der Waals surface area contributed by atoms with Gasteiger partial charge in [-0.15, -0.1) is 0 Å². The highest BCUT2D eigenvalue weighted by Gasteiger charge is 2.47. The van der Waals surface area contributed by atoms with Gasteiger partial charge >= 0.3 is 0 Å². The fourth-order valence-electron chi connectivity index (χ4n) is 4.06. The Kier molecular flexibility index (Phi) is 3.68. The van der Waals surface area contributed by atoms with Crippen molar-refractivity contribution >= 4 is 11.6 Å². The molecule has 2 saturated heterocycles. The summed E-state index contributed by atoms with van der Waals surface area (Å²) in [6.45, 7) is 5.88. The van der Waals surface area contributed by atoms with Gasteiger partial charge in [-0.1, -0.05) is 17.7 Å². The summed E-state index contributed by atoms with van der Waals surface area (Å²) < 4.78 is 2.07. The van der Waals surface area contributed by atoms with Crippen molar-refractivity contribution in [1.29, 1.82) is 0 Å². The van der Waals surface area contributed by atoms with Crippen molar-refractivity contribution < 1.29 is 4.79 Å². The molecule has 0 bridgehead atoms. The van der Waals surface area contributed by atoms with Crippen LogP contribution in [-0.2, 0) is 18.4 Å². The first kappa shape index (κ1) is 15.4. The number of rotatable bonds is 3. The summed E-state index contributed by atoms with van der Waals surface area (Å²) in [4.78, 5) is 21.2. The number of aromatic nitrogens is 2. The molecule has 0 saturated carbocycles. The molecular formula is C19H24N4O. The molecule has 1 unspecified atom stereocenters. The Morgan fingerprint density at radius 1 is 1.21 bits per heavy atom. The van der Waals surface area contributed by atoms with E-state index in [2.05, 4.69) is 45.6 Å². The largest absolute Gasteiger partial charge is 0.337 e. The summed E-state index contributed by atoms with van der Waals surface area (Å²) in [6, 6.07) is 8.29. The van der Waals surface area contributed by atoms with Gasteiger partial charge in [-0.2, -0.15) is 0 Å². The molecular weight excluding hydrogens is 300 g/mol. The molecule has 0 aliphatic carbocycles. The van der Waals surface area contributed by atoms with E-state index in [9.17, 15) is 4.79 Å². The number of benzene rings is 1. The molecule has 4 rings (SSSR count). The number of aryl methyl sites for hydroxylation is 2. The molecule has 1 spiro atoms. The van der Waals surface area contributed by atoms with Crippen molar-refractivity contribution in [3.05, 3.63) is 48.0 Å². The third kappa shape index (κ3) is 2.73. The Morgan fingerprint density at radius 2 is 2.00 bits per heavy atom. The Labute approximate surface area is 142 Å². The maximum Gasteiger partial charge on any atom is 0.227 e. The Bertz CT molecular complexity index is 751. The highest BCUT2D eigenvalue weighted by Crippen LogP contribution is 2.42. The lowest BCUT2D eigenvalue weighted by atomic mass is 9.86. The van der Waals surface area contributed by atoms with E-state index in [0.29, 0.717) is 6.42 Å². The van der Waals surface area contributed by atoms with Crippen LogP contribution < -0.4 is 4.90 Å². The topological polar surface area (TPSA) is 41.4 Å². The van der Waals surface area contributed by atoms with Gasteiger partial charge in [0, 0.05) is 50.4 Å². The molecule has 3 heterocycles. The normalized spacial score (nSPS) is 24.4. The standard InChI is InChI=1S/C19H24N4O/c1-15-3-5-16(6-4-15)23-13-19(9-18(23)24)7-8-22(12-19)11-17-10-20-14-21(17)2/h3-6,10,14H,7-9,11-13H2,1-2H3. The third-order valence-electron chi connectivity index (χ3n) is 5.49. The number of carbonyl (C=O) groups excluding carboxylic acids is 1. The van der Waals surface area contributed by atoms with Gasteiger partial charge in [0.2, 0.25) is 5.91 Å². The molecule has 2 fully saturated rings. The lowest BCUT2D eigenvalue weighted by molar-refractivity contribution is -0.117. The van der Waals surface area contributed by atoms with Gasteiger partial charge in [0.25, 0.3) is 0 Å². The van der Waals surface area contributed by atoms with Crippen LogP contribution in [0.5, 0.6) is 0 Å².